The molecule has 0 spiro atoms. The molecule has 5 aromatic rings. The Morgan fingerprint density at radius 3 is 2.51 bits per heavy atom. The van der Waals surface area contributed by atoms with Crippen LogP contribution in [0.3, 0.4) is 0 Å². The number of hydrogen-bond acceptors (Lipinski definition) is 5. The monoisotopic (exact) mass is 508 g/mol. The van der Waals surface area contributed by atoms with E-state index in [1.54, 1.807) is 23.3 Å². The van der Waals surface area contributed by atoms with Crippen molar-refractivity contribution in [1.82, 2.24) is 38.8 Å². The number of likely N-dealkylation sites (tertiary alicyclic amines) is 1. The second-order valence-electron chi connectivity index (χ2n) is 9.89. The van der Waals surface area contributed by atoms with Crippen molar-refractivity contribution in [3.63, 3.8) is 0 Å². The van der Waals surface area contributed by atoms with Crippen LogP contribution in [-0.2, 0) is 12.7 Å². The highest BCUT2D eigenvalue weighted by Crippen LogP contribution is 2.30. The van der Waals surface area contributed by atoms with Crippen molar-refractivity contribution in [2.45, 2.75) is 51.5 Å². The van der Waals surface area contributed by atoms with Gasteiger partial charge in [-0.3, -0.25) is 14.3 Å². The van der Waals surface area contributed by atoms with Crippen LogP contribution in [0, 0.1) is 0 Å². The van der Waals surface area contributed by atoms with Crippen molar-refractivity contribution in [1.29, 1.82) is 0 Å². The average Bonchev–Trinajstić information content (AvgIpc) is 3.62. The minimum atomic E-state index is -4.43. The minimum Gasteiger partial charge on any atom is -0.302 e. The second-order valence-corrected chi connectivity index (χ2v) is 9.89. The number of aromatic nitrogens is 7. The average molecular weight is 509 g/mol. The molecule has 6 heterocycles. The predicted octanol–water partition coefficient (Wildman–Crippen LogP) is 5.05. The summed E-state index contributed by atoms with van der Waals surface area (Å²) in [4.78, 5) is 11.3. The Morgan fingerprint density at radius 1 is 0.946 bits per heavy atom. The van der Waals surface area contributed by atoms with Gasteiger partial charge in [0.05, 0.1) is 48.0 Å². The zero-order chi connectivity index (χ0) is 25.7. The Morgan fingerprint density at radius 2 is 1.76 bits per heavy atom. The third-order valence-electron chi connectivity index (χ3n) is 7.25. The summed E-state index contributed by atoms with van der Waals surface area (Å²) in [6.07, 6.45) is 7.77. The normalized spacial score (nSPS) is 15.9. The fourth-order valence-electron chi connectivity index (χ4n) is 5.06. The number of alkyl halides is 3. The van der Waals surface area contributed by atoms with Crippen molar-refractivity contribution < 1.29 is 13.2 Å². The lowest BCUT2D eigenvalue weighted by Crippen LogP contribution is -2.39. The fraction of sp³-hybridized carbons (Fsp3) is 0.385. The van der Waals surface area contributed by atoms with Crippen LogP contribution in [0.5, 0.6) is 0 Å². The number of fused-ring (bicyclic) bond motifs is 2. The Bertz CT molecular complexity index is 1550. The molecule has 0 aliphatic carbocycles. The molecule has 6 rings (SSSR count). The zero-order valence-corrected chi connectivity index (χ0v) is 20.6. The molecule has 1 fully saturated rings. The molecule has 1 aliphatic heterocycles. The number of imidazole rings is 1. The Hall–Kier alpha value is -3.73. The molecule has 1 aliphatic rings. The van der Waals surface area contributed by atoms with Crippen molar-refractivity contribution >= 4 is 16.7 Å². The third kappa shape index (κ3) is 4.48. The van der Waals surface area contributed by atoms with E-state index in [4.69, 9.17) is 0 Å². The van der Waals surface area contributed by atoms with Crippen LogP contribution in [0.25, 0.3) is 27.8 Å². The van der Waals surface area contributed by atoms with E-state index in [1.165, 1.54) is 10.5 Å². The van der Waals surface area contributed by atoms with Crippen molar-refractivity contribution in [3.05, 3.63) is 66.6 Å². The molecule has 0 saturated carbocycles. The van der Waals surface area contributed by atoms with Crippen molar-refractivity contribution in [2.75, 3.05) is 13.1 Å². The van der Waals surface area contributed by atoms with Crippen LogP contribution in [0.1, 0.15) is 44.0 Å². The lowest BCUT2D eigenvalue weighted by molar-refractivity contribution is -0.137. The number of halogens is 3. The highest BCUT2D eigenvalue weighted by atomic mass is 19.4. The SMILES string of the molecule is CC(C)N1CCC(n2cc(-c3cnc4cnn(Cc5cnc6ccc(C(F)(F)F)cn56)c4c3)cn2)CC1. The van der Waals surface area contributed by atoms with Crippen LogP contribution < -0.4 is 0 Å². The van der Waals surface area contributed by atoms with E-state index >= 15 is 0 Å². The van der Waals surface area contributed by atoms with Crippen molar-refractivity contribution in [3.8, 4) is 11.1 Å². The topological polar surface area (TPSA) is 69.1 Å². The number of hydrogen-bond donors (Lipinski definition) is 0. The first-order chi connectivity index (χ1) is 17.8. The largest absolute Gasteiger partial charge is 0.417 e. The lowest BCUT2D eigenvalue weighted by Gasteiger charge is -2.34. The minimum absolute atomic E-state index is 0.255. The number of pyridine rings is 2. The van der Waals surface area contributed by atoms with Crippen LogP contribution in [0.15, 0.2) is 55.4 Å². The molecule has 0 bridgehead atoms. The summed E-state index contributed by atoms with van der Waals surface area (Å²) in [5.41, 5.74) is 3.71. The number of piperidine rings is 1. The molecular formula is C26H27F3N8. The van der Waals surface area contributed by atoms with Gasteiger partial charge in [0.1, 0.15) is 11.2 Å². The van der Waals surface area contributed by atoms with E-state index in [0.29, 0.717) is 28.9 Å². The fourth-order valence-corrected chi connectivity index (χ4v) is 5.06. The summed E-state index contributed by atoms with van der Waals surface area (Å²) < 4.78 is 45.0. The van der Waals surface area contributed by atoms with E-state index in [9.17, 15) is 13.2 Å². The van der Waals surface area contributed by atoms with Gasteiger partial charge in [-0.1, -0.05) is 0 Å². The maximum Gasteiger partial charge on any atom is 0.417 e. The van der Waals surface area contributed by atoms with Crippen LogP contribution >= 0.6 is 0 Å². The van der Waals surface area contributed by atoms with Gasteiger partial charge in [0.2, 0.25) is 0 Å². The maximum absolute atomic E-state index is 13.2. The molecule has 0 atom stereocenters. The molecule has 0 amide bonds. The summed E-state index contributed by atoms with van der Waals surface area (Å²) in [5, 5.41) is 9.09. The maximum atomic E-state index is 13.2. The van der Waals surface area contributed by atoms with Gasteiger partial charge in [-0.05, 0) is 44.9 Å². The van der Waals surface area contributed by atoms with Gasteiger partial charge >= 0.3 is 6.18 Å². The highest BCUT2D eigenvalue weighted by Gasteiger charge is 2.31. The zero-order valence-electron chi connectivity index (χ0n) is 20.6. The summed E-state index contributed by atoms with van der Waals surface area (Å²) >= 11 is 0. The molecular weight excluding hydrogens is 481 g/mol. The van der Waals surface area contributed by atoms with Gasteiger partial charge in [-0.25, -0.2) is 4.98 Å². The molecule has 192 valence electrons. The van der Waals surface area contributed by atoms with Crippen molar-refractivity contribution in [2.24, 2.45) is 0 Å². The predicted molar refractivity (Wildman–Crippen MR) is 133 cm³/mol. The molecule has 37 heavy (non-hydrogen) atoms. The molecule has 5 aromatic heterocycles. The molecule has 0 radical (unpaired) electrons. The first kappa shape index (κ1) is 23.7. The van der Waals surface area contributed by atoms with E-state index in [2.05, 4.69) is 49.8 Å². The number of nitrogens with zero attached hydrogens (tertiary/aromatic N) is 8. The van der Waals surface area contributed by atoms with Gasteiger partial charge < -0.3 is 9.30 Å². The van der Waals surface area contributed by atoms with Crippen LogP contribution in [0.4, 0.5) is 13.2 Å². The summed E-state index contributed by atoms with van der Waals surface area (Å²) in [6, 6.07) is 5.35. The van der Waals surface area contributed by atoms with E-state index < -0.39 is 11.7 Å². The van der Waals surface area contributed by atoms with E-state index in [0.717, 1.165) is 54.8 Å². The summed E-state index contributed by atoms with van der Waals surface area (Å²) in [5.74, 6) is 0. The molecule has 1 saturated heterocycles. The quantitative estimate of drug-likeness (QED) is 0.332. The first-order valence-corrected chi connectivity index (χ1v) is 12.4. The molecule has 8 nitrogen and oxygen atoms in total. The smallest absolute Gasteiger partial charge is 0.302 e. The van der Waals surface area contributed by atoms with Gasteiger partial charge in [-0.2, -0.15) is 23.4 Å². The Kier molecular flexibility index (Phi) is 5.74. The van der Waals surface area contributed by atoms with Gasteiger partial charge in [0.15, 0.2) is 0 Å². The summed E-state index contributed by atoms with van der Waals surface area (Å²) in [6.45, 7) is 6.85. The van der Waals surface area contributed by atoms with E-state index in [-0.39, 0.29) is 6.54 Å². The lowest BCUT2D eigenvalue weighted by atomic mass is 10.0. The van der Waals surface area contributed by atoms with Gasteiger partial charge in [0, 0.05) is 48.8 Å². The Balaban J connectivity index is 1.27. The highest BCUT2D eigenvalue weighted by molar-refractivity contribution is 5.80. The van der Waals surface area contributed by atoms with Crippen LogP contribution in [0.2, 0.25) is 0 Å². The molecule has 0 N–H and O–H groups in total. The third-order valence-corrected chi connectivity index (χ3v) is 7.25. The first-order valence-electron chi connectivity index (χ1n) is 12.4. The second kappa shape index (κ2) is 8.98. The molecule has 0 unspecified atom stereocenters. The Labute approximate surface area is 211 Å². The number of rotatable bonds is 5. The van der Waals surface area contributed by atoms with E-state index in [1.807, 2.05) is 12.3 Å². The van der Waals surface area contributed by atoms with Crippen LogP contribution in [-0.4, -0.2) is 58.0 Å². The molecule has 0 aromatic carbocycles. The summed E-state index contributed by atoms with van der Waals surface area (Å²) in [7, 11) is 0. The van der Waals surface area contributed by atoms with Gasteiger partial charge in [0.25, 0.3) is 0 Å². The van der Waals surface area contributed by atoms with Gasteiger partial charge in [-0.15, -0.1) is 0 Å². The standard InChI is InChI=1S/C26H27F3N8/c1-17(2)34-7-5-21(6-8-34)36-14-19(11-32-36)18-9-24-23(30-10-18)13-33-37(24)16-22-12-31-25-4-3-20(15-35(22)25)26(27,28)29/h3-4,9-15,17,21H,5-8,16H2,1-2H3. The molecule has 11 heteroatoms.